The van der Waals surface area contributed by atoms with Crippen LogP contribution >= 0.6 is 0 Å². The molecule has 16 heavy (non-hydrogen) atoms. The first-order valence-electron chi connectivity index (χ1n) is 5.34. The summed E-state index contributed by atoms with van der Waals surface area (Å²) in [5.41, 5.74) is 3.98. The first kappa shape index (κ1) is 9.39. The second-order valence-electron chi connectivity index (χ2n) is 4.09. The molecule has 82 valence electrons. The van der Waals surface area contributed by atoms with Crippen LogP contribution in [0.4, 0.5) is 4.39 Å². The molecule has 1 aromatic carbocycles. The smallest absolute Gasteiger partial charge is 0.123 e. The van der Waals surface area contributed by atoms with Crippen LogP contribution in [0.15, 0.2) is 41.3 Å². The maximum atomic E-state index is 13.1. The Morgan fingerprint density at radius 3 is 3.25 bits per heavy atom. The molecule has 1 atom stereocenters. The predicted octanol–water partition coefficient (Wildman–Crippen LogP) is 2.00. The van der Waals surface area contributed by atoms with Crippen LogP contribution in [-0.4, -0.2) is 17.8 Å². The molecule has 0 amide bonds. The third-order valence-electron chi connectivity index (χ3n) is 3.02. The highest BCUT2D eigenvalue weighted by atomic mass is 19.1. The zero-order valence-corrected chi connectivity index (χ0v) is 8.73. The minimum absolute atomic E-state index is 0.166. The normalized spacial score (nSPS) is 22.7. The summed E-state index contributed by atoms with van der Waals surface area (Å²) < 4.78 is 13.1. The van der Waals surface area contributed by atoms with Gasteiger partial charge in [-0.25, -0.2) is 4.39 Å². The van der Waals surface area contributed by atoms with E-state index in [4.69, 9.17) is 0 Å². The summed E-state index contributed by atoms with van der Waals surface area (Å²) in [5.74, 6) is 1.21. The topological polar surface area (TPSA) is 27.6 Å². The number of rotatable bonds is 1. The van der Waals surface area contributed by atoms with Gasteiger partial charge in [-0.05, 0) is 30.2 Å². The van der Waals surface area contributed by atoms with Gasteiger partial charge in [-0.3, -0.25) is 5.43 Å². The van der Waals surface area contributed by atoms with Gasteiger partial charge in [0.25, 0.3) is 0 Å². The lowest BCUT2D eigenvalue weighted by Crippen LogP contribution is -2.30. The van der Waals surface area contributed by atoms with Crippen LogP contribution in [0.3, 0.4) is 0 Å². The fourth-order valence-electron chi connectivity index (χ4n) is 2.17. The van der Waals surface area contributed by atoms with Crippen LogP contribution in [0.25, 0.3) is 0 Å². The Hall–Kier alpha value is -1.84. The van der Waals surface area contributed by atoms with E-state index in [0.717, 1.165) is 24.4 Å². The number of nitrogens with zero attached hydrogens (tertiary/aromatic N) is 2. The second kappa shape index (κ2) is 3.63. The number of hydrogen-bond acceptors (Lipinski definition) is 3. The molecule has 0 fully saturated rings. The van der Waals surface area contributed by atoms with Crippen molar-refractivity contribution in [2.45, 2.75) is 12.3 Å². The number of nitrogens with one attached hydrogen (secondary N) is 1. The molecular formula is C12H12FN3. The quantitative estimate of drug-likeness (QED) is 0.779. The van der Waals surface area contributed by atoms with Crippen LogP contribution in [0.1, 0.15) is 17.9 Å². The van der Waals surface area contributed by atoms with E-state index in [-0.39, 0.29) is 5.82 Å². The van der Waals surface area contributed by atoms with Crippen LogP contribution < -0.4 is 5.43 Å². The maximum absolute atomic E-state index is 13.1. The summed E-state index contributed by atoms with van der Waals surface area (Å²) in [6.07, 6.45) is 4.80. The Labute approximate surface area is 93.3 Å². The molecule has 2 aliphatic rings. The van der Waals surface area contributed by atoms with E-state index in [0.29, 0.717) is 5.92 Å². The van der Waals surface area contributed by atoms with E-state index >= 15 is 0 Å². The number of fused-ring (bicyclic) bond motifs is 1. The number of benzene rings is 1. The first-order valence-corrected chi connectivity index (χ1v) is 5.34. The van der Waals surface area contributed by atoms with Gasteiger partial charge in [-0.1, -0.05) is 12.1 Å². The van der Waals surface area contributed by atoms with Crippen molar-refractivity contribution in [1.29, 1.82) is 0 Å². The number of hydrogen-bond donors (Lipinski definition) is 1. The van der Waals surface area contributed by atoms with E-state index in [1.54, 1.807) is 18.5 Å². The zero-order chi connectivity index (χ0) is 11.0. The molecule has 4 heteroatoms. The minimum atomic E-state index is -0.166. The second-order valence-corrected chi connectivity index (χ2v) is 4.09. The average molecular weight is 217 g/mol. The predicted molar refractivity (Wildman–Crippen MR) is 60.2 cm³/mol. The Balaban J connectivity index is 1.85. The highest BCUT2D eigenvalue weighted by Gasteiger charge is 2.23. The standard InChI is InChI=1S/C12H12FN3/c13-11-3-1-2-9(6-11)10-4-5-12-15-14-8-16(12)7-10/h1-3,5-6,8,10,15H,4,7H2. The third-order valence-corrected chi connectivity index (χ3v) is 3.02. The molecular weight excluding hydrogens is 205 g/mol. The van der Waals surface area contributed by atoms with Crippen molar-refractivity contribution >= 4 is 6.34 Å². The number of halogens is 1. The lowest BCUT2D eigenvalue weighted by molar-refractivity contribution is 0.431. The van der Waals surface area contributed by atoms with E-state index in [1.165, 1.54) is 6.07 Å². The molecule has 0 saturated carbocycles. The van der Waals surface area contributed by atoms with Gasteiger partial charge in [0.2, 0.25) is 0 Å². The summed E-state index contributed by atoms with van der Waals surface area (Å²) >= 11 is 0. The Kier molecular flexibility index (Phi) is 2.13. The average Bonchev–Trinajstić information content (AvgIpc) is 2.75. The van der Waals surface area contributed by atoms with Gasteiger partial charge in [0.1, 0.15) is 18.0 Å². The summed E-state index contributed by atoms with van der Waals surface area (Å²) in [5, 5.41) is 3.98. The van der Waals surface area contributed by atoms with Gasteiger partial charge in [0.05, 0.1) is 0 Å². The molecule has 0 aliphatic carbocycles. The lowest BCUT2D eigenvalue weighted by atomic mass is 9.93. The van der Waals surface area contributed by atoms with Crippen LogP contribution in [-0.2, 0) is 0 Å². The largest absolute Gasteiger partial charge is 0.316 e. The first-order chi connectivity index (χ1) is 7.83. The fourth-order valence-corrected chi connectivity index (χ4v) is 2.17. The van der Waals surface area contributed by atoms with E-state index in [2.05, 4.69) is 21.5 Å². The molecule has 1 N–H and O–H groups in total. The molecule has 3 rings (SSSR count). The van der Waals surface area contributed by atoms with Crippen molar-refractivity contribution in [1.82, 2.24) is 10.3 Å². The Morgan fingerprint density at radius 1 is 1.44 bits per heavy atom. The SMILES string of the molecule is Fc1cccc(C2CC=C3NN=CN3C2)c1. The van der Waals surface area contributed by atoms with Crippen LogP contribution in [0.2, 0.25) is 0 Å². The molecule has 0 saturated heterocycles. The zero-order valence-electron chi connectivity index (χ0n) is 8.73. The third kappa shape index (κ3) is 1.56. The molecule has 3 nitrogen and oxygen atoms in total. The van der Waals surface area contributed by atoms with Gasteiger partial charge in [0.15, 0.2) is 0 Å². The van der Waals surface area contributed by atoms with Crippen molar-refractivity contribution in [2.24, 2.45) is 5.10 Å². The van der Waals surface area contributed by atoms with E-state index in [9.17, 15) is 4.39 Å². The molecule has 1 aromatic rings. The summed E-state index contributed by atoms with van der Waals surface area (Å²) in [4.78, 5) is 2.05. The Morgan fingerprint density at radius 2 is 2.38 bits per heavy atom. The van der Waals surface area contributed by atoms with Crippen LogP contribution in [0.5, 0.6) is 0 Å². The lowest BCUT2D eigenvalue weighted by Gasteiger charge is -2.27. The van der Waals surface area contributed by atoms with Crippen molar-refractivity contribution in [3.05, 3.63) is 47.5 Å². The Bertz CT molecular complexity index is 467. The van der Waals surface area contributed by atoms with Crippen LogP contribution in [0, 0.1) is 5.82 Å². The van der Waals surface area contributed by atoms with Crippen molar-refractivity contribution in [3.63, 3.8) is 0 Å². The van der Waals surface area contributed by atoms with Crippen molar-refractivity contribution < 1.29 is 4.39 Å². The van der Waals surface area contributed by atoms with Gasteiger partial charge in [0, 0.05) is 12.5 Å². The fraction of sp³-hybridized carbons (Fsp3) is 0.250. The minimum Gasteiger partial charge on any atom is -0.316 e. The molecule has 0 bridgehead atoms. The number of allylic oxidation sites excluding steroid dienone is 1. The molecule has 0 spiro atoms. The maximum Gasteiger partial charge on any atom is 0.123 e. The highest BCUT2D eigenvalue weighted by Crippen LogP contribution is 2.28. The van der Waals surface area contributed by atoms with E-state index in [1.807, 2.05) is 6.07 Å². The monoisotopic (exact) mass is 217 g/mol. The molecule has 0 radical (unpaired) electrons. The van der Waals surface area contributed by atoms with Gasteiger partial charge in [-0.2, -0.15) is 5.10 Å². The summed E-state index contributed by atoms with van der Waals surface area (Å²) in [6.45, 7) is 0.853. The molecule has 2 heterocycles. The van der Waals surface area contributed by atoms with Gasteiger partial charge >= 0.3 is 0 Å². The highest BCUT2D eigenvalue weighted by molar-refractivity contribution is 5.61. The van der Waals surface area contributed by atoms with Gasteiger partial charge in [-0.15, -0.1) is 0 Å². The molecule has 0 aromatic heterocycles. The van der Waals surface area contributed by atoms with E-state index < -0.39 is 0 Å². The van der Waals surface area contributed by atoms with Crippen molar-refractivity contribution in [3.8, 4) is 0 Å². The summed E-state index contributed by atoms with van der Waals surface area (Å²) in [7, 11) is 0. The van der Waals surface area contributed by atoms with Gasteiger partial charge < -0.3 is 4.90 Å². The van der Waals surface area contributed by atoms with Crippen molar-refractivity contribution in [2.75, 3.05) is 6.54 Å². The molecule has 1 unspecified atom stereocenters. The number of hydrazone groups is 1. The summed E-state index contributed by atoms with van der Waals surface area (Å²) in [6, 6.07) is 6.84. The molecule has 2 aliphatic heterocycles.